The van der Waals surface area contributed by atoms with E-state index in [0.717, 1.165) is 16.1 Å². The summed E-state index contributed by atoms with van der Waals surface area (Å²) in [6, 6.07) is 7.80. The van der Waals surface area contributed by atoms with Crippen molar-refractivity contribution in [3.8, 4) is 5.69 Å². The van der Waals surface area contributed by atoms with Crippen LogP contribution in [-0.4, -0.2) is 9.55 Å². The molecule has 0 radical (unpaired) electrons. The van der Waals surface area contributed by atoms with Crippen LogP contribution < -0.4 is 5.56 Å². The van der Waals surface area contributed by atoms with Crippen LogP contribution in [0.15, 0.2) is 34.4 Å². The fraction of sp³-hybridized carbons (Fsp3) is 0.143. The standard InChI is InChI=1S/C14H12N2OS2/c1-8-3-4-11(9(2)7-8)16-13(17)10-5-6-19-12(10)15-14(16)18/h3-7H,1-2H3,(H,15,18). The van der Waals surface area contributed by atoms with Crippen molar-refractivity contribution in [2.45, 2.75) is 13.8 Å². The van der Waals surface area contributed by atoms with Gasteiger partial charge in [0.1, 0.15) is 4.83 Å². The summed E-state index contributed by atoms with van der Waals surface area (Å²) >= 11 is 6.81. The number of nitrogens with one attached hydrogen (secondary N) is 1. The molecule has 0 saturated carbocycles. The van der Waals surface area contributed by atoms with Crippen LogP contribution in [0.3, 0.4) is 0 Å². The lowest BCUT2D eigenvalue weighted by Gasteiger charge is -2.10. The summed E-state index contributed by atoms with van der Waals surface area (Å²) in [5, 5.41) is 2.57. The van der Waals surface area contributed by atoms with Crippen LogP contribution in [-0.2, 0) is 0 Å². The second-order valence-corrected chi connectivity index (χ2v) is 5.83. The number of rotatable bonds is 1. The zero-order chi connectivity index (χ0) is 13.6. The van der Waals surface area contributed by atoms with Gasteiger partial charge in [0, 0.05) is 0 Å². The Kier molecular flexibility index (Phi) is 2.88. The quantitative estimate of drug-likeness (QED) is 0.693. The third-order valence-electron chi connectivity index (χ3n) is 3.12. The molecule has 0 fully saturated rings. The summed E-state index contributed by atoms with van der Waals surface area (Å²) < 4.78 is 2.01. The van der Waals surface area contributed by atoms with Gasteiger partial charge in [0.25, 0.3) is 5.56 Å². The number of aromatic amines is 1. The molecule has 3 nitrogen and oxygen atoms in total. The van der Waals surface area contributed by atoms with E-state index < -0.39 is 0 Å². The maximum atomic E-state index is 12.5. The highest BCUT2D eigenvalue weighted by molar-refractivity contribution is 7.71. The minimum absolute atomic E-state index is 0.0630. The van der Waals surface area contributed by atoms with Crippen LogP contribution in [0.1, 0.15) is 11.1 Å². The summed E-state index contributed by atoms with van der Waals surface area (Å²) in [6.45, 7) is 4.02. The maximum absolute atomic E-state index is 12.5. The van der Waals surface area contributed by atoms with Gasteiger partial charge in [0.2, 0.25) is 0 Å². The van der Waals surface area contributed by atoms with Crippen molar-refractivity contribution < 1.29 is 0 Å². The number of hydrogen-bond acceptors (Lipinski definition) is 3. The Morgan fingerprint density at radius 3 is 2.79 bits per heavy atom. The molecular formula is C14H12N2OS2. The van der Waals surface area contributed by atoms with Crippen molar-refractivity contribution in [2.24, 2.45) is 0 Å². The topological polar surface area (TPSA) is 37.8 Å². The summed E-state index contributed by atoms with van der Waals surface area (Å²) in [4.78, 5) is 16.5. The van der Waals surface area contributed by atoms with Crippen molar-refractivity contribution in [3.05, 3.63) is 55.9 Å². The Morgan fingerprint density at radius 1 is 1.26 bits per heavy atom. The molecule has 0 atom stereocenters. The predicted molar refractivity (Wildman–Crippen MR) is 82.1 cm³/mol. The lowest BCUT2D eigenvalue weighted by molar-refractivity contribution is 0.932. The van der Waals surface area contributed by atoms with Crippen molar-refractivity contribution in [1.82, 2.24) is 9.55 Å². The van der Waals surface area contributed by atoms with E-state index in [1.807, 2.05) is 43.5 Å². The molecule has 0 aliphatic rings. The van der Waals surface area contributed by atoms with E-state index in [1.165, 1.54) is 16.9 Å². The van der Waals surface area contributed by atoms with Crippen LogP contribution in [0.4, 0.5) is 0 Å². The van der Waals surface area contributed by atoms with E-state index >= 15 is 0 Å². The number of aromatic nitrogens is 2. The molecule has 1 aromatic carbocycles. The normalized spacial score (nSPS) is 11.1. The van der Waals surface area contributed by atoms with Crippen LogP contribution in [0.2, 0.25) is 0 Å². The first kappa shape index (κ1) is 12.3. The van der Waals surface area contributed by atoms with E-state index in [4.69, 9.17) is 12.2 Å². The highest BCUT2D eigenvalue weighted by atomic mass is 32.1. The average Bonchev–Trinajstić information content (AvgIpc) is 2.80. The van der Waals surface area contributed by atoms with Crippen molar-refractivity contribution in [1.29, 1.82) is 0 Å². The largest absolute Gasteiger partial charge is 0.323 e. The molecule has 1 N–H and O–H groups in total. The Bertz CT molecular complexity index is 886. The molecule has 0 aliphatic heterocycles. The first-order valence-electron chi connectivity index (χ1n) is 5.88. The molecule has 5 heteroatoms. The second-order valence-electron chi connectivity index (χ2n) is 4.52. The summed E-state index contributed by atoms with van der Waals surface area (Å²) in [5.41, 5.74) is 2.98. The van der Waals surface area contributed by atoms with E-state index in [1.54, 1.807) is 4.57 Å². The van der Waals surface area contributed by atoms with Gasteiger partial charge >= 0.3 is 0 Å². The fourth-order valence-corrected chi connectivity index (χ4v) is 3.34. The number of thiophene rings is 1. The molecular weight excluding hydrogens is 276 g/mol. The van der Waals surface area contributed by atoms with Gasteiger partial charge in [-0.2, -0.15) is 0 Å². The van der Waals surface area contributed by atoms with Gasteiger partial charge < -0.3 is 4.98 Å². The molecule has 0 bridgehead atoms. The van der Waals surface area contributed by atoms with E-state index in [2.05, 4.69) is 4.98 Å². The maximum Gasteiger partial charge on any atom is 0.267 e. The molecule has 96 valence electrons. The number of fused-ring (bicyclic) bond motifs is 1. The number of hydrogen-bond donors (Lipinski definition) is 1. The number of H-pyrrole nitrogens is 1. The summed E-state index contributed by atoms with van der Waals surface area (Å²) in [7, 11) is 0. The summed E-state index contributed by atoms with van der Waals surface area (Å²) in [6.07, 6.45) is 0. The number of benzene rings is 1. The van der Waals surface area contributed by atoms with Gasteiger partial charge in [0.15, 0.2) is 4.77 Å². The van der Waals surface area contributed by atoms with Gasteiger partial charge in [-0.05, 0) is 49.1 Å². The van der Waals surface area contributed by atoms with Gasteiger partial charge in [-0.1, -0.05) is 17.7 Å². The number of nitrogens with zero attached hydrogens (tertiary/aromatic N) is 1. The second kappa shape index (κ2) is 4.43. The highest BCUT2D eigenvalue weighted by Gasteiger charge is 2.10. The Labute approximate surface area is 119 Å². The fourth-order valence-electron chi connectivity index (χ4n) is 2.22. The molecule has 19 heavy (non-hydrogen) atoms. The summed E-state index contributed by atoms with van der Waals surface area (Å²) in [5.74, 6) is 0. The lowest BCUT2D eigenvalue weighted by Crippen LogP contribution is -2.20. The zero-order valence-electron chi connectivity index (χ0n) is 10.6. The molecule has 0 aliphatic carbocycles. The van der Waals surface area contributed by atoms with Gasteiger partial charge in [-0.25, -0.2) is 0 Å². The SMILES string of the molecule is Cc1ccc(-n2c(=S)[nH]c3sccc3c2=O)c(C)c1. The first-order valence-corrected chi connectivity index (χ1v) is 7.17. The van der Waals surface area contributed by atoms with Crippen LogP contribution in [0.5, 0.6) is 0 Å². The van der Waals surface area contributed by atoms with E-state index in [9.17, 15) is 4.79 Å². The zero-order valence-corrected chi connectivity index (χ0v) is 12.2. The minimum Gasteiger partial charge on any atom is -0.323 e. The number of aryl methyl sites for hydroxylation is 2. The molecule has 3 aromatic rings. The lowest BCUT2D eigenvalue weighted by atomic mass is 10.1. The van der Waals surface area contributed by atoms with Crippen LogP contribution >= 0.6 is 23.6 Å². The van der Waals surface area contributed by atoms with Crippen molar-refractivity contribution in [2.75, 3.05) is 0 Å². The molecule has 0 saturated heterocycles. The molecule has 0 unspecified atom stereocenters. The molecule has 3 rings (SSSR count). The molecule has 2 heterocycles. The van der Waals surface area contributed by atoms with Crippen LogP contribution in [0.25, 0.3) is 15.9 Å². The monoisotopic (exact) mass is 288 g/mol. The van der Waals surface area contributed by atoms with Crippen LogP contribution in [0, 0.1) is 18.6 Å². The Morgan fingerprint density at radius 2 is 2.05 bits per heavy atom. The molecule has 0 amide bonds. The smallest absolute Gasteiger partial charge is 0.267 e. The van der Waals surface area contributed by atoms with E-state index in [0.29, 0.717) is 10.2 Å². The molecule has 0 spiro atoms. The van der Waals surface area contributed by atoms with E-state index in [-0.39, 0.29) is 5.56 Å². The minimum atomic E-state index is -0.0630. The molecule has 2 aromatic heterocycles. The third-order valence-corrected chi connectivity index (χ3v) is 4.23. The third kappa shape index (κ3) is 1.95. The Balaban J connectivity index is 2.42. The first-order chi connectivity index (χ1) is 9.08. The highest BCUT2D eigenvalue weighted by Crippen LogP contribution is 2.18. The Hall–Kier alpha value is -1.72. The van der Waals surface area contributed by atoms with Crippen molar-refractivity contribution in [3.63, 3.8) is 0 Å². The predicted octanol–water partition coefficient (Wildman–Crippen LogP) is 3.73. The van der Waals surface area contributed by atoms with Gasteiger partial charge in [-0.15, -0.1) is 11.3 Å². The average molecular weight is 288 g/mol. The van der Waals surface area contributed by atoms with Gasteiger partial charge in [0.05, 0.1) is 11.1 Å². The van der Waals surface area contributed by atoms with Crippen molar-refractivity contribution >= 4 is 33.8 Å². The van der Waals surface area contributed by atoms with Gasteiger partial charge in [-0.3, -0.25) is 9.36 Å².